The van der Waals surface area contributed by atoms with Gasteiger partial charge in [-0.2, -0.15) is 0 Å². The minimum atomic E-state index is -0.496. The van der Waals surface area contributed by atoms with Crippen LogP contribution in [0.15, 0.2) is 24.3 Å². The first-order valence-electron chi connectivity index (χ1n) is 7.58. The molecule has 2 bridgehead atoms. The predicted molar refractivity (Wildman–Crippen MR) is 78.9 cm³/mol. The molecule has 0 saturated heterocycles. The minimum absolute atomic E-state index is 0.379. The van der Waals surface area contributed by atoms with Crippen LogP contribution in [-0.4, -0.2) is 19.4 Å². The lowest BCUT2D eigenvalue weighted by atomic mass is 9.82. The van der Waals surface area contributed by atoms with E-state index in [1.54, 1.807) is 26.7 Å². The van der Waals surface area contributed by atoms with Crippen LogP contribution in [0.1, 0.15) is 39.5 Å². The number of carbonyl (C=O) groups is 1. The third kappa shape index (κ3) is 3.32. The largest absolute Gasteiger partial charge is 0.433 e. The second-order valence-corrected chi connectivity index (χ2v) is 6.23. The fourth-order valence-electron chi connectivity index (χ4n) is 3.80. The molecule has 5 unspecified atom stereocenters. The molecular formula is C17H26O3. The Hall–Kier alpha value is -1.09. The molecule has 0 amide bonds. The van der Waals surface area contributed by atoms with Gasteiger partial charge in [-0.1, -0.05) is 18.7 Å². The van der Waals surface area contributed by atoms with Crippen molar-refractivity contribution in [3.05, 3.63) is 24.3 Å². The van der Waals surface area contributed by atoms with Crippen LogP contribution in [0.4, 0.5) is 0 Å². The van der Waals surface area contributed by atoms with E-state index in [2.05, 4.69) is 23.5 Å². The van der Waals surface area contributed by atoms with Gasteiger partial charge in [-0.15, -0.1) is 0 Å². The minimum Gasteiger partial charge on any atom is -0.433 e. The van der Waals surface area contributed by atoms with Gasteiger partial charge < -0.3 is 9.47 Å². The summed E-state index contributed by atoms with van der Waals surface area (Å²) in [5.74, 6) is 3.94. The van der Waals surface area contributed by atoms with Crippen LogP contribution < -0.4 is 0 Å². The smallest absolute Gasteiger partial charge is 0.335 e. The van der Waals surface area contributed by atoms with Gasteiger partial charge in [0.25, 0.3) is 0 Å². The molecule has 3 aliphatic carbocycles. The van der Waals surface area contributed by atoms with Crippen molar-refractivity contribution in [2.45, 2.75) is 45.8 Å². The van der Waals surface area contributed by atoms with Gasteiger partial charge in [0, 0.05) is 12.7 Å². The summed E-state index contributed by atoms with van der Waals surface area (Å²) in [6.45, 7) is 6.64. The second kappa shape index (κ2) is 6.57. The summed E-state index contributed by atoms with van der Waals surface area (Å²) in [5, 5.41) is 0. The number of allylic oxidation sites excluding steroid dienone is 2. The van der Waals surface area contributed by atoms with Crippen LogP contribution in [0, 0.1) is 23.7 Å². The summed E-state index contributed by atoms with van der Waals surface area (Å²) in [4.78, 5) is 10.7. The van der Waals surface area contributed by atoms with Gasteiger partial charge >= 0.3 is 5.97 Å². The van der Waals surface area contributed by atoms with Gasteiger partial charge in [-0.25, -0.2) is 4.79 Å². The average molecular weight is 278 g/mol. The number of hydrogen-bond donors (Lipinski definition) is 0. The van der Waals surface area contributed by atoms with Gasteiger partial charge in [-0.3, -0.25) is 0 Å². The van der Waals surface area contributed by atoms with E-state index < -0.39 is 12.3 Å². The quantitative estimate of drug-likeness (QED) is 0.342. The highest BCUT2D eigenvalue weighted by Gasteiger charge is 2.47. The molecule has 0 aliphatic heterocycles. The maximum Gasteiger partial charge on any atom is 0.335 e. The van der Waals surface area contributed by atoms with E-state index in [0.717, 1.165) is 23.7 Å². The number of fused-ring (bicyclic) bond motifs is 5. The van der Waals surface area contributed by atoms with Crippen LogP contribution in [0.2, 0.25) is 0 Å². The molecule has 0 aromatic heterocycles. The van der Waals surface area contributed by atoms with E-state index in [1.165, 1.54) is 20.0 Å². The van der Waals surface area contributed by atoms with Crippen LogP contribution in [-0.2, 0) is 14.3 Å². The Balaban J connectivity index is 0.000000147. The zero-order chi connectivity index (χ0) is 14.7. The van der Waals surface area contributed by atoms with Crippen LogP contribution in [0.3, 0.4) is 0 Å². The number of rotatable bonds is 3. The molecule has 2 fully saturated rings. The van der Waals surface area contributed by atoms with E-state index >= 15 is 0 Å². The SMILES string of the molecule is C1=CC2C3CCC(C3)C2C1.C=C(C)C(=O)OC(C)OC. The Labute approximate surface area is 122 Å². The number of carbonyl (C=O) groups excluding carboxylic acids is 1. The topological polar surface area (TPSA) is 35.5 Å². The molecule has 3 heteroatoms. The van der Waals surface area contributed by atoms with E-state index in [-0.39, 0.29) is 0 Å². The van der Waals surface area contributed by atoms with Crippen molar-refractivity contribution in [3.63, 3.8) is 0 Å². The monoisotopic (exact) mass is 278 g/mol. The molecule has 0 heterocycles. The number of ether oxygens (including phenoxy) is 2. The standard InChI is InChI=1S/C10H14.C7H12O3/c1-2-9-7-4-5-8(6-7)10(9)3-1;1-5(2)7(8)10-6(3)9-4/h1-2,7-10H,3-6H2;6H,1H2,2-4H3. The summed E-state index contributed by atoms with van der Waals surface area (Å²) in [6, 6.07) is 0. The van der Waals surface area contributed by atoms with E-state index in [1.807, 2.05) is 0 Å². The molecule has 20 heavy (non-hydrogen) atoms. The van der Waals surface area contributed by atoms with Gasteiger partial charge in [0.05, 0.1) is 0 Å². The molecule has 3 rings (SSSR count). The molecule has 5 atom stereocenters. The van der Waals surface area contributed by atoms with E-state index in [0.29, 0.717) is 5.57 Å². The second-order valence-electron chi connectivity index (χ2n) is 6.23. The first-order valence-corrected chi connectivity index (χ1v) is 7.58. The molecule has 3 nitrogen and oxygen atoms in total. The fourth-order valence-corrected chi connectivity index (χ4v) is 3.80. The normalized spacial score (nSPS) is 34.1. The van der Waals surface area contributed by atoms with E-state index in [9.17, 15) is 4.79 Å². The summed E-state index contributed by atoms with van der Waals surface area (Å²) in [5.41, 5.74) is 0.379. The Kier molecular flexibility index (Phi) is 5.03. The lowest BCUT2D eigenvalue weighted by molar-refractivity contribution is -0.164. The molecule has 0 N–H and O–H groups in total. The van der Waals surface area contributed by atoms with Crippen molar-refractivity contribution in [2.75, 3.05) is 7.11 Å². The number of methoxy groups -OCH3 is 1. The van der Waals surface area contributed by atoms with Crippen LogP contribution in [0.25, 0.3) is 0 Å². The molecular weight excluding hydrogens is 252 g/mol. The highest BCUT2D eigenvalue weighted by atomic mass is 16.7. The van der Waals surface area contributed by atoms with Crippen molar-refractivity contribution in [1.29, 1.82) is 0 Å². The molecule has 3 aliphatic rings. The molecule has 0 aromatic carbocycles. The van der Waals surface area contributed by atoms with Crippen molar-refractivity contribution in [3.8, 4) is 0 Å². The first kappa shape index (κ1) is 15.3. The van der Waals surface area contributed by atoms with Crippen molar-refractivity contribution >= 4 is 5.97 Å². The molecule has 112 valence electrons. The lowest BCUT2D eigenvalue weighted by Gasteiger charge is -2.23. The highest BCUT2D eigenvalue weighted by molar-refractivity contribution is 5.86. The maximum absolute atomic E-state index is 10.7. The Morgan fingerprint density at radius 2 is 2.05 bits per heavy atom. The van der Waals surface area contributed by atoms with E-state index in [4.69, 9.17) is 4.74 Å². The Bertz CT molecular complexity index is 399. The highest BCUT2D eigenvalue weighted by Crippen LogP contribution is 2.56. The Morgan fingerprint density at radius 3 is 2.65 bits per heavy atom. The number of hydrogen-bond acceptors (Lipinski definition) is 3. The summed E-state index contributed by atoms with van der Waals surface area (Å²) in [6.07, 6.45) is 10.5. The zero-order valence-corrected chi connectivity index (χ0v) is 12.8. The van der Waals surface area contributed by atoms with Crippen molar-refractivity contribution in [1.82, 2.24) is 0 Å². The van der Waals surface area contributed by atoms with Crippen molar-refractivity contribution in [2.24, 2.45) is 23.7 Å². The zero-order valence-electron chi connectivity index (χ0n) is 12.8. The lowest BCUT2D eigenvalue weighted by Crippen LogP contribution is -2.16. The fraction of sp³-hybridized carbons (Fsp3) is 0.706. The van der Waals surface area contributed by atoms with Gasteiger partial charge in [0.2, 0.25) is 0 Å². The van der Waals surface area contributed by atoms with Gasteiger partial charge in [0.15, 0.2) is 6.29 Å². The maximum atomic E-state index is 10.7. The summed E-state index contributed by atoms with van der Waals surface area (Å²) < 4.78 is 9.39. The third-order valence-corrected chi connectivity index (χ3v) is 4.88. The molecule has 2 saturated carbocycles. The Morgan fingerprint density at radius 1 is 1.35 bits per heavy atom. The van der Waals surface area contributed by atoms with Crippen molar-refractivity contribution < 1.29 is 14.3 Å². The van der Waals surface area contributed by atoms with Crippen LogP contribution >= 0.6 is 0 Å². The van der Waals surface area contributed by atoms with Gasteiger partial charge in [-0.05, 0) is 63.2 Å². The molecule has 0 radical (unpaired) electrons. The van der Waals surface area contributed by atoms with Gasteiger partial charge in [0.1, 0.15) is 0 Å². The van der Waals surface area contributed by atoms with Crippen LogP contribution in [0.5, 0.6) is 0 Å². The predicted octanol–water partition coefficient (Wildman–Crippen LogP) is 3.71. The summed E-state index contributed by atoms with van der Waals surface area (Å²) >= 11 is 0. The first-order chi connectivity index (χ1) is 9.52. The summed E-state index contributed by atoms with van der Waals surface area (Å²) in [7, 11) is 1.47. The third-order valence-electron chi connectivity index (χ3n) is 4.88. The molecule has 0 aromatic rings. The molecule has 0 spiro atoms. The number of esters is 1. The average Bonchev–Trinajstić information content (AvgIpc) is 3.12.